The van der Waals surface area contributed by atoms with Crippen LogP contribution in [-0.4, -0.2) is 52.0 Å². The predicted molar refractivity (Wildman–Crippen MR) is 67.2 cm³/mol. The molecule has 1 N–H and O–H groups in total. The minimum atomic E-state index is -3.61. The third-order valence-corrected chi connectivity index (χ3v) is 5.95. The standard InChI is InChI=1S/C9H15BrN4O3S/c1-6(15)7-3-4-14(5-7)18(16,17)9-8(10)11-12-13(9)2/h6-7,15H,3-5H2,1-2H3. The lowest BCUT2D eigenvalue weighted by atomic mass is 10.0. The number of halogens is 1. The Kier molecular flexibility index (Phi) is 3.77. The quantitative estimate of drug-likeness (QED) is 0.835. The number of hydrogen-bond acceptors (Lipinski definition) is 5. The Hall–Kier alpha value is -0.510. The summed E-state index contributed by atoms with van der Waals surface area (Å²) in [6.07, 6.45) is 0.165. The monoisotopic (exact) mass is 338 g/mol. The summed E-state index contributed by atoms with van der Waals surface area (Å²) in [5.41, 5.74) is 0. The lowest BCUT2D eigenvalue weighted by Crippen LogP contribution is -2.32. The van der Waals surface area contributed by atoms with Crippen LogP contribution in [0, 0.1) is 5.92 Å². The fourth-order valence-electron chi connectivity index (χ4n) is 2.08. The van der Waals surface area contributed by atoms with E-state index in [-0.39, 0.29) is 15.5 Å². The van der Waals surface area contributed by atoms with Crippen LogP contribution in [0.15, 0.2) is 9.63 Å². The van der Waals surface area contributed by atoms with Gasteiger partial charge in [0, 0.05) is 20.1 Å². The number of nitrogens with zero attached hydrogens (tertiary/aromatic N) is 4. The molecule has 1 aliphatic heterocycles. The smallest absolute Gasteiger partial charge is 0.263 e. The molecule has 0 saturated carbocycles. The van der Waals surface area contributed by atoms with Gasteiger partial charge in [0.1, 0.15) is 0 Å². The molecule has 102 valence electrons. The first kappa shape index (κ1) is 13.9. The van der Waals surface area contributed by atoms with E-state index in [9.17, 15) is 13.5 Å². The molecule has 0 amide bonds. The summed E-state index contributed by atoms with van der Waals surface area (Å²) >= 11 is 3.09. The number of rotatable bonds is 3. The molecule has 7 nitrogen and oxygen atoms in total. The van der Waals surface area contributed by atoms with Crippen LogP contribution in [0.4, 0.5) is 0 Å². The van der Waals surface area contributed by atoms with E-state index in [1.54, 1.807) is 6.92 Å². The van der Waals surface area contributed by atoms with Crippen molar-refractivity contribution in [1.29, 1.82) is 0 Å². The van der Waals surface area contributed by atoms with Gasteiger partial charge in [-0.1, -0.05) is 5.21 Å². The summed E-state index contributed by atoms with van der Waals surface area (Å²) in [7, 11) is -2.08. The van der Waals surface area contributed by atoms with Crippen LogP contribution in [0.5, 0.6) is 0 Å². The SMILES string of the molecule is CC(O)C1CCN(S(=O)(=O)c2c(Br)nnn2C)C1. The van der Waals surface area contributed by atoms with Crippen LogP contribution < -0.4 is 0 Å². The van der Waals surface area contributed by atoms with Gasteiger partial charge in [-0.25, -0.2) is 13.1 Å². The molecule has 2 heterocycles. The summed E-state index contributed by atoms with van der Waals surface area (Å²) in [6, 6.07) is 0. The van der Waals surface area contributed by atoms with Gasteiger partial charge in [-0.2, -0.15) is 4.31 Å². The summed E-state index contributed by atoms with van der Waals surface area (Å²) in [6.45, 7) is 2.43. The van der Waals surface area contributed by atoms with Crippen molar-refractivity contribution < 1.29 is 13.5 Å². The van der Waals surface area contributed by atoms with Gasteiger partial charge >= 0.3 is 0 Å². The number of aliphatic hydroxyl groups is 1. The minimum absolute atomic E-state index is 0.0141. The second-order valence-corrected chi connectivity index (χ2v) is 7.07. The number of aliphatic hydroxyl groups excluding tert-OH is 1. The van der Waals surface area contributed by atoms with E-state index in [1.165, 1.54) is 16.0 Å². The Bertz CT molecular complexity index is 523. The zero-order valence-corrected chi connectivity index (χ0v) is 12.5. The van der Waals surface area contributed by atoms with Crippen molar-refractivity contribution in [2.75, 3.05) is 13.1 Å². The Morgan fingerprint density at radius 2 is 2.22 bits per heavy atom. The third-order valence-electron chi connectivity index (χ3n) is 3.19. The van der Waals surface area contributed by atoms with Crippen LogP contribution >= 0.6 is 15.9 Å². The Balaban J connectivity index is 2.29. The van der Waals surface area contributed by atoms with Crippen molar-refractivity contribution in [3.05, 3.63) is 4.60 Å². The van der Waals surface area contributed by atoms with Crippen LogP contribution in [-0.2, 0) is 17.1 Å². The summed E-state index contributed by atoms with van der Waals surface area (Å²) < 4.78 is 27.7. The van der Waals surface area contributed by atoms with Crippen molar-refractivity contribution in [2.45, 2.75) is 24.5 Å². The van der Waals surface area contributed by atoms with Crippen LogP contribution in [0.1, 0.15) is 13.3 Å². The van der Waals surface area contributed by atoms with Crippen LogP contribution in [0.3, 0.4) is 0 Å². The van der Waals surface area contributed by atoms with Gasteiger partial charge in [-0.15, -0.1) is 5.10 Å². The lowest BCUT2D eigenvalue weighted by Gasteiger charge is -2.17. The van der Waals surface area contributed by atoms with E-state index >= 15 is 0 Å². The van der Waals surface area contributed by atoms with Crippen molar-refractivity contribution in [2.24, 2.45) is 13.0 Å². The van der Waals surface area contributed by atoms with E-state index in [1.807, 2.05) is 0 Å². The molecule has 9 heteroatoms. The molecule has 2 atom stereocenters. The molecule has 2 unspecified atom stereocenters. The van der Waals surface area contributed by atoms with E-state index < -0.39 is 16.1 Å². The average molecular weight is 339 g/mol. The molecule has 2 rings (SSSR count). The van der Waals surface area contributed by atoms with Gasteiger partial charge < -0.3 is 5.11 Å². The maximum atomic E-state index is 12.4. The number of sulfonamides is 1. The highest BCUT2D eigenvalue weighted by atomic mass is 79.9. The first-order chi connectivity index (χ1) is 8.34. The number of hydrogen-bond donors (Lipinski definition) is 1. The molecular formula is C9H15BrN4O3S. The molecule has 1 saturated heterocycles. The van der Waals surface area contributed by atoms with Gasteiger partial charge in [0.15, 0.2) is 4.60 Å². The van der Waals surface area contributed by atoms with Gasteiger partial charge in [0.05, 0.1) is 6.10 Å². The van der Waals surface area contributed by atoms with Gasteiger partial charge in [0.25, 0.3) is 10.0 Å². The molecule has 1 fully saturated rings. The maximum absolute atomic E-state index is 12.4. The Labute approximate surface area is 114 Å². The summed E-state index contributed by atoms with van der Waals surface area (Å²) in [5.74, 6) is -0.0141. The summed E-state index contributed by atoms with van der Waals surface area (Å²) in [4.78, 5) is 0. The van der Waals surface area contributed by atoms with E-state index in [4.69, 9.17) is 0 Å². The topological polar surface area (TPSA) is 88.3 Å². The molecule has 0 spiro atoms. The van der Waals surface area contributed by atoms with E-state index in [0.29, 0.717) is 19.5 Å². The predicted octanol–water partition coefficient (Wildman–Crippen LogP) is -0.0310. The summed E-state index contributed by atoms with van der Waals surface area (Å²) in [5, 5.41) is 16.9. The second kappa shape index (κ2) is 4.87. The molecule has 0 aliphatic carbocycles. The third kappa shape index (κ3) is 2.31. The zero-order valence-electron chi connectivity index (χ0n) is 10.1. The van der Waals surface area contributed by atoms with Gasteiger partial charge in [0.2, 0.25) is 5.03 Å². The molecular weight excluding hydrogens is 324 g/mol. The largest absolute Gasteiger partial charge is 0.393 e. The number of aromatic nitrogens is 3. The molecule has 0 aromatic carbocycles. The zero-order chi connectivity index (χ0) is 13.5. The highest BCUT2D eigenvalue weighted by Crippen LogP contribution is 2.28. The van der Waals surface area contributed by atoms with Gasteiger partial charge in [-0.3, -0.25) is 0 Å². The average Bonchev–Trinajstić information content (AvgIpc) is 2.85. The molecule has 1 aliphatic rings. The normalized spacial score (nSPS) is 23.4. The lowest BCUT2D eigenvalue weighted by molar-refractivity contribution is 0.133. The Morgan fingerprint density at radius 1 is 1.56 bits per heavy atom. The Morgan fingerprint density at radius 3 is 2.67 bits per heavy atom. The first-order valence-electron chi connectivity index (χ1n) is 5.57. The van der Waals surface area contributed by atoms with Crippen molar-refractivity contribution in [3.8, 4) is 0 Å². The van der Waals surface area contributed by atoms with Crippen molar-refractivity contribution >= 4 is 26.0 Å². The minimum Gasteiger partial charge on any atom is -0.393 e. The molecule has 1 aromatic heterocycles. The highest BCUT2D eigenvalue weighted by Gasteiger charge is 2.37. The second-order valence-electron chi connectivity index (χ2n) is 4.46. The first-order valence-corrected chi connectivity index (χ1v) is 7.80. The fraction of sp³-hybridized carbons (Fsp3) is 0.778. The molecule has 0 radical (unpaired) electrons. The fourth-order valence-corrected chi connectivity index (χ4v) is 4.63. The maximum Gasteiger partial charge on any atom is 0.263 e. The molecule has 0 bridgehead atoms. The van der Waals surface area contributed by atoms with E-state index in [2.05, 4.69) is 26.2 Å². The van der Waals surface area contributed by atoms with Crippen LogP contribution in [0.2, 0.25) is 0 Å². The number of aryl methyl sites for hydroxylation is 1. The van der Waals surface area contributed by atoms with Crippen LogP contribution in [0.25, 0.3) is 0 Å². The van der Waals surface area contributed by atoms with Crippen molar-refractivity contribution in [3.63, 3.8) is 0 Å². The van der Waals surface area contributed by atoms with E-state index in [0.717, 1.165) is 0 Å². The molecule has 18 heavy (non-hydrogen) atoms. The molecule has 1 aromatic rings. The van der Waals surface area contributed by atoms with Gasteiger partial charge in [-0.05, 0) is 35.2 Å². The highest BCUT2D eigenvalue weighted by molar-refractivity contribution is 9.10. The van der Waals surface area contributed by atoms with Crippen molar-refractivity contribution in [1.82, 2.24) is 19.3 Å².